The molecule has 0 spiro atoms. The summed E-state index contributed by atoms with van der Waals surface area (Å²) < 4.78 is 10.1. The highest BCUT2D eigenvalue weighted by Gasteiger charge is 2.47. The minimum Gasteiger partial charge on any atom is -0.359 e. The molecule has 0 aromatic heterocycles. The maximum Gasteiger partial charge on any atom is 0.248 e. The van der Waals surface area contributed by atoms with E-state index in [1.165, 1.54) is 7.11 Å². The number of amides is 2. The number of carbonyl (C=O) groups is 2. The lowest BCUT2D eigenvalue weighted by Gasteiger charge is -2.46. The summed E-state index contributed by atoms with van der Waals surface area (Å²) in [4.78, 5) is 24.3. The maximum atomic E-state index is 12.0. The van der Waals surface area contributed by atoms with Gasteiger partial charge in [0.05, 0.1) is 12.6 Å². The first-order valence-corrected chi connectivity index (χ1v) is 6.38. The second-order valence-corrected chi connectivity index (χ2v) is 4.56. The van der Waals surface area contributed by atoms with Gasteiger partial charge in [-0.2, -0.15) is 0 Å². The Labute approximate surface area is 117 Å². The zero-order chi connectivity index (χ0) is 14.4. The second-order valence-electron chi connectivity index (χ2n) is 4.56. The molecule has 0 unspecified atom stereocenters. The zero-order valence-corrected chi connectivity index (χ0v) is 11.3. The highest BCUT2D eigenvalue weighted by atomic mass is 16.7. The Kier molecular flexibility index (Phi) is 5.09. The standard InChI is InChI=1S/C14H18N2O4/c1-19-10-20-8-12-13(15-9-17)14(18)16(12)7-11-5-3-2-4-6-11/h2-6,9,12-13H,7-8,10H2,1H3,(H,15,17)/t12-,13+/m0/s1. The summed E-state index contributed by atoms with van der Waals surface area (Å²) in [6.07, 6.45) is 0.547. The van der Waals surface area contributed by atoms with Gasteiger partial charge in [0, 0.05) is 13.7 Å². The van der Waals surface area contributed by atoms with Gasteiger partial charge in [-0.1, -0.05) is 30.3 Å². The molecule has 0 aliphatic carbocycles. The summed E-state index contributed by atoms with van der Waals surface area (Å²) in [5.74, 6) is -0.0908. The minimum absolute atomic E-state index is 0.0908. The van der Waals surface area contributed by atoms with E-state index in [-0.39, 0.29) is 18.7 Å². The van der Waals surface area contributed by atoms with E-state index in [9.17, 15) is 9.59 Å². The fraction of sp³-hybridized carbons (Fsp3) is 0.429. The second kappa shape index (κ2) is 7.02. The number of rotatable bonds is 8. The summed E-state index contributed by atoms with van der Waals surface area (Å²) >= 11 is 0. The number of carbonyl (C=O) groups excluding carboxylic acids is 2. The lowest BCUT2D eigenvalue weighted by molar-refractivity contribution is -0.160. The molecule has 0 saturated carbocycles. The Hall–Kier alpha value is -1.92. The molecule has 6 heteroatoms. The van der Waals surface area contributed by atoms with E-state index in [1.54, 1.807) is 4.90 Å². The van der Waals surface area contributed by atoms with E-state index in [2.05, 4.69) is 5.32 Å². The van der Waals surface area contributed by atoms with E-state index in [1.807, 2.05) is 30.3 Å². The van der Waals surface area contributed by atoms with E-state index < -0.39 is 6.04 Å². The first-order chi connectivity index (χ1) is 9.77. The number of nitrogens with one attached hydrogen (secondary N) is 1. The number of hydrogen-bond acceptors (Lipinski definition) is 4. The first-order valence-electron chi connectivity index (χ1n) is 6.38. The number of nitrogens with zero attached hydrogens (tertiary/aromatic N) is 1. The molecule has 0 bridgehead atoms. The van der Waals surface area contributed by atoms with Crippen molar-refractivity contribution < 1.29 is 19.1 Å². The summed E-state index contributed by atoms with van der Waals surface area (Å²) in [5.41, 5.74) is 1.04. The van der Waals surface area contributed by atoms with E-state index in [0.717, 1.165) is 5.56 Å². The summed E-state index contributed by atoms with van der Waals surface area (Å²) in [6.45, 7) is 1.01. The molecule has 2 atom stereocenters. The largest absolute Gasteiger partial charge is 0.359 e. The van der Waals surface area contributed by atoms with Gasteiger partial charge in [0.15, 0.2) is 0 Å². The Morgan fingerprint density at radius 3 is 2.75 bits per heavy atom. The van der Waals surface area contributed by atoms with Crippen molar-refractivity contribution in [3.05, 3.63) is 35.9 Å². The first kappa shape index (κ1) is 14.5. The van der Waals surface area contributed by atoms with Crippen LogP contribution in [0.5, 0.6) is 0 Å². The normalized spacial score (nSPS) is 21.4. The molecular formula is C14H18N2O4. The van der Waals surface area contributed by atoms with Gasteiger partial charge in [-0.05, 0) is 5.56 Å². The molecule has 6 nitrogen and oxygen atoms in total. The number of ether oxygens (including phenoxy) is 2. The van der Waals surface area contributed by atoms with Gasteiger partial charge in [0.1, 0.15) is 12.8 Å². The molecule has 2 rings (SSSR count). The lowest BCUT2D eigenvalue weighted by atomic mass is 9.95. The number of methoxy groups -OCH3 is 1. The Bertz CT molecular complexity index is 452. The predicted molar refractivity (Wildman–Crippen MR) is 71.6 cm³/mol. The molecule has 1 aromatic rings. The molecule has 1 saturated heterocycles. The van der Waals surface area contributed by atoms with Crippen LogP contribution >= 0.6 is 0 Å². The highest BCUT2D eigenvalue weighted by Crippen LogP contribution is 2.23. The van der Waals surface area contributed by atoms with E-state index in [4.69, 9.17) is 9.47 Å². The fourth-order valence-corrected chi connectivity index (χ4v) is 2.27. The molecule has 108 valence electrons. The van der Waals surface area contributed by atoms with Crippen LogP contribution in [0.15, 0.2) is 30.3 Å². The number of β-lactam (4-membered cyclic amide) rings is 1. The van der Waals surface area contributed by atoms with Crippen molar-refractivity contribution in [2.24, 2.45) is 0 Å². The molecule has 1 fully saturated rings. The predicted octanol–water partition coefficient (Wildman–Crippen LogP) is 0.133. The molecule has 1 aromatic carbocycles. The molecular weight excluding hydrogens is 260 g/mol. The van der Waals surface area contributed by atoms with Crippen molar-refractivity contribution in [1.29, 1.82) is 0 Å². The van der Waals surface area contributed by atoms with Crippen molar-refractivity contribution >= 4 is 12.3 Å². The molecule has 1 aliphatic rings. The van der Waals surface area contributed by atoms with E-state index in [0.29, 0.717) is 19.6 Å². The smallest absolute Gasteiger partial charge is 0.248 e. The Balaban J connectivity index is 1.98. The summed E-state index contributed by atoms with van der Waals surface area (Å²) in [5, 5.41) is 2.53. The average molecular weight is 278 g/mol. The topological polar surface area (TPSA) is 67.9 Å². The van der Waals surface area contributed by atoms with Crippen LogP contribution in [0.3, 0.4) is 0 Å². The van der Waals surface area contributed by atoms with Crippen molar-refractivity contribution in [2.75, 3.05) is 20.5 Å². The van der Waals surface area contributed by atoms with Crippen molar-refractivity contribution in [3.8, 4) is 0 Å². The SMILES string of the molecule is COCOC[C@H]1[C@@H](NC=O)C(=O)N1Cc1ccccc1. The van der Waals surface area contributed by atoms with Gasteiger partial charge in [0.25, 0.3) is 0 Å². The quantitative estimate of drug-likeness (QED) is 0.318. The number of hydrogen-bond donors (Lipinski definition) is 1. The lowest BCUT2D eigenvalue weighted by Crippen LogP contribution is -2.70. The Morgan fingerprint density at radius 1 is 1.35 bits per heavy atom. The third-order valence-corrected chi connectivity index (χ3v) is 3.27. The van der Waals surface area contributed by atoms with Gasteiger partial charge >= 0.3 is 0 Å². The molecule has 1 aliphatic heterocycles. The fourth-order valence-electron chi connectivity index (χ4n) is 2.27. The Morgan fingerprint density at radius 2 is 2.10 bits per heavy atom. The monoisotopic (exact) mass is 278 g/mol. The minimum atomic E-state index is -0.506. The zero-order valence-electron chi connectivity index (χ0n) is 11.3. The van der Waals surface area contributed by atoms with Crippen LogP contribution < -0.4 is 5.32 Å². The van der Waals surface area contributed by atoms with Gasteiger partial charge in [-0.3, -0.25) is 9.59 Å². The van der Waals surface area contributed by atoms with Crippen molar-refractivity contribution in [2.45, 2.75) is 18.6 Å². The molecule has 2 amide bonds. The van der Waals surface area contributed by atoms with Crippen LogP contribution in [-0.4, -0.2) is 49.8 Å². The maximum absolute atomic E-state index is 12.0. The van der Waals surface area contributed by atoms with Gasteiger partial charge in [-0.25, -0.2) is 0 Å². The molecule has 20 heavy (non-hydrogen) atoms. The summed E-state index contributed by atoms with van der Waals surface area (Å²) in [7, 11) is 1.54. The third-order valence-electron chi connectivity index (χ3n) is 3.27. The van der Waals surface area contributed by atoms with Crippen molar-refractivity contribution in [1.82, 2.24) is 10.2 Å². The van der Waals surface area contributed by atoms with Crippen molar-refractivity contribution in [3.63, 3.8) is 0 Å². The van der Waals surface area contributed by atoms with Gasteiger partial charge in [-0.15, -0.1) is 0 Å². The third kappa shape index (κ3) is 3.15. The van der Waals surface area contributed by atoms with Crippen LogP contribution in [0.25, 0.3) is 0 Å². The molecule has 1 heterocycles. The van der Waals surface area contributed by atoms with Crippen LogP contribution in [0, 0.1) is 0 Å². The van der Waals surface area contributed by atoms with Gasteiger partial charge < -0.3 is 19.7 Å². The highest BCUT2D eigenvalue weighted by molar-refractivity contribution is 5.91. The van der Waals surface area contributed by atoms with E-state index >= 15 is 0 Å². The molecule has 0 radical (unpaired) electrons. The van der Waals surface area contributed by atoms with Crippen LogP contribution in [0.1, 0.15) is 5.56 Å². The van der Waals surface area contributed by atoms with Crippen LogP contribution in [0.2, 0.25) is 0 Å². The number of likely N-dealkylation sites (tertiary alicyclic amines) is 1. The summed E-state index contributed by atoms with van der Waals surface area (Å²) in [6, 6.07) is 9.03. The number of benzene rings is 1. The van der Waals surface area contributed by atoms with Crippen LogP contribution in [0.4, 0.5) is 0 Å². The average Bonchev–Trinajstić information content (AvgIpc) is 2.49. The van der Waals surface area contributed by atoms with Gasteiger partial charge in [0.2, 0.25) is 12.3 Å². The van der Waals surface area contributed by atoms with Crippen LogP contribution in [-0.2, 0) is 25.6 Å². The molecule has 1 N–H and O–H groups in total.